The van der Waals surface area contributed by atoms with Crippen LogP contribution in [0, 0.1) is 0 Å². The molecule has 0 radical (unpaired) electrons. The molecule has 0 aliphatic heterocycles. The third kappa shape index (κ3) is 5.47. The summed E-state index contributed by atoms with van der Waals surface area (Å²) in [6.07, 6.45) is 1.67. The highest BCUT2D eigenvalue weighted by Gasteiger charge is 2.07. The number of methoxy groups -OCH3 is 1. The number of ether oxygens (including phenoxy) is 3. The molecule has 1 N–H and O–H groups in total. The van der Waals surface area contributed by atoms with Crippen LogP contribution in [0.15, 0.2) is 72.9 Å². The van der Waals surface area contributed by atoms with Gasteiger partial charge >= 0.3 is 0 Å². The van der Waals surface area contributed by atoms with E-state index in [1.165, 1.54) is 0 Å². The summed E-state index contributed by atoms with van der Waals surface area (Å²) in [5.41, 5.74) is 0.911. The van der Waals surface area contributed by atoms with E-state index in [0.717, 1.165) is 5.56 Å². The molecule has 6 heteroatoms. The minimum absolute atomic E-state index is 0.0928. The van der Waals surface area contributed by atoms with Crippen LogP contribution in [-0.2, 0) is 11.3 Å². The van der Waals surface area contributed by atoms with Gasteiger partial charge in [-0.2, -0.15) is 0 Å². The number of carbonyl (C=O) groups is 1. The van der Waals surface area contributed by atoms with E-state index in [9.17, 15) is 4.79 Å². The lowest BCUT2D eigenvalue weighted by atomic mass is 10.2. The predicted octanol–water partition coefficient (Wildman–Crippen LogP) is 3.58. The number of aromatic nitrogens is 1. The lowest BCUT2D eigenvalue weighted by Gasteiger charge is -2.11. The smallest absolute Gasteiger partial charge is 0.258 e. The van der Waals surface area contributed by atoms with Gasteiger partial charge in [0.1, 0.15) is 5.75 Å². The molecule has 0 saturated heterocycles. The third-order valence-corrected chi connectivity index (χ3v) is 3.68. The summed E-state index contributed by atoms with van der Waals surface area (Å²) in [5, 5.41) is 2.82. The molecule has 2 aromatic carbocycles. The summed E-state index contributed by atoms with van der Waals surface area (Å²) in [5.74, 6) is 2.07. The van der Waals surface area contributed by atoms with Crippen molar-refractivity contribution in [1.29, 1.82) is 0 Å². The Bertz CT molecular complexity index is 884. The van der Waals surface area contributed by atoms with E-state index in [1.54, 1.807) is 31.5 Å². The van der Waals surface area contributed by atoms with Crippen molar-refractivity contribution in [2.24, 2.45) is 0 Å². The summed E-state index contributed by atoms with van der Waals surface area (Å²) in [6, 6.07) is 20.1. The number of rotatable bonds is 8. The van der Waals surface area contributed by atoms with Gasteiger partial charge in [-0.05, 0) is 35.9 Å². The van der Waals surface area contributed by atoms with Gasteiger partial charge in [-0.3, -0.25) is 4.79 Å². The van der Waals surface area contributed by atoms with Crippen LogP contribution in [0.5, 0.6) is 23.1 Å². The summed E-state index contributed by atoms with van der Waals surface area (Å²) >= 11 is 0. The Morgan fingerprint density at radius 1 is 1.00 bits per heavy atom. The first-order chi connectivity index (χ1) is 13.2. The number of carbonyl (C=O) groups excluding carboxylic acids is 1. The van der Waals surface area contributed by atoms with E-state index in [1.807, 2.05) is 48.5 Å². The molecule has 1 amide bonds. The standard InChI is InChI=1S/C21H20N2O4/c1-25-18-9-2-3-10-19(18)26-15-20(24)23-14-16-7-6-8-17(13-16)27-21-11-4-5-12-22-21/h2-13H,14-15H2,1H3,(H,23,24). The molecule has 0 saturated carbocycles. The van der Waals surface area contributed by atoms with Gasteiger partial charge < -0.3 is 19.5 Å². The van der Waals surface area contributed by atoms with E-state index in [-0.39, 0.29) is 12.5 Å². The molecular formula is C21H20N2O4. The molecule has 3 rings (SSSR count). The molecule has 0 aliphatic rings. The Labute approximate surface area is 157 Å². The second-order valence-corrected chi connectivity index (χ2v) is 5.63. The Kier molecular flexibility index (Phi) is 6.25. The van der Waals surface area contributed by atoms with Crippen LogP contribution in [0.2, 0.25) is 0 Å². The fourth-order valence-corrected chi connectivity index (χ4v) is 2.38. The van der Waals surface area contributed by atoms with E-state index in [4.69, 9.17) is 14.2 Å². The molecule has 0 aliphatic carbocycles. The summed E-state index contributed by atoms with van der Waals surface area (Å²) in [6.45, 7) is 0.276. The van der Waals surface area contributed by atoms with Crippen LogP contribution in [0.25, 0.3) is 0 Å². The SMILES string of the molecule is COc1ccccc1OCC(=O)NCc1cccc(Oc2ccccn2)c1. The first-order valence-corrected chi connectivity index (χ1v) is 8.45. The number of pyridine rings is 1. The highest BCUT2D eigenvalue weighted by Crippen LogP contribution is 2.25. The highest BCUT2D eigenvalue weighted by molar-refractivity contribution is 5.77. The molecule has 1 heterocycles. The van der Waals surface area contributed by atoms with Crippen LogP contribution >= 0.6 is 0 Å². The van der Waals surface area contributed by atoms with E-state index < -0.39 is 0 Å². The molecule has 0 spiro atoms. The second kappa shape index (κ2) is 9.24. The Hall–Kier alpha value is -3.54. The fourth-order valence-electron chi connectivity index (χ4n) is 2.38. The maximum atomic E-state index is 12.0. The predicted molar refractivity (Wildman–Crippen MR) is 101 cm³/mol. The van der Waals surface area contributed by atoms with Crippen LogP contribution in [0.4, 0.5) is 0 Å². The zero-order chi connectivity index (χ0) is 18.9. The van der Waals surface area contributed by atoms with Crippen LogP contribution in [0.1, 0.15) is 5.56 Å². The zero-order valence-electron chi connectivity index (χ0n) is 14.9. The van der Waals surface area contributed by atoms with Crippen molar-refractivity contribution in [3.63, 3.8) is 0 Å². The van der Waals surface area contributed by atoms with Crippen molar-refractivity contribution in [2.75, 3.05) is 13.7 Å². The maximum Gasteiger partial charge on any atom is 0.258 e. The minimum Gasteiger partial charge on any atom is -0.493 e. The highest BCUT2D eigenvalue weighted by atomic mass is 16.5. The molecule has 1 aromatic heterocycles. The average Bonchev–Trinajstić information content (AvgIpc) is 2.72. The molecule has 3 aromatic rings. The van der Waals surface area contributed by atoms with E-state index >= 15 is 0 Å². The molecule has 138 valence electrons. The maximum absolute atomic E-state index is 12.0. The van der Waals surface area contributed by atoms with Crippen molar-refractivity contribution in [3.05, 3.63) is 78.5 Å². The molecule has 0 bridgehead atoms. The van der Waals surface area contributed by atoms with Gasteiger partial charge in [0.15, 0.2) is 18.1 Å². The van der Waals surface area contributed by atoms with Crippen LogP contribution < -0.4 is 19.5 Å². The number of benzene rings is 2. The van der Waals surface area contributed by atoms with Crippen molar-refractivity contribution >= 4 is 5.91 Å². The lowest BCUT2D eigenvalue weighted by Crippen LogP contribution is -2.28. The van der Waals surface area contributed by atoms with Gasteiger partial charge in [0.25, 0.3) is 5.91 Å². The minimum atomic E-state index is -0.225. The van der Waals surface area contributed by atoms with E-state index in [2.05, 4.69) is 10.3 Å². The molecular weight excluding hydrogens is 344 g/mol. The quantitative estimate of drug-likeness (QED) is 0.662. The molecule has 6 nitrogen and oxygen atoms in total. The monoisotopic (exact) mass is 364 g/mol. The number of hydrogen-bond acceptors (Lipinski definition) is 5. The van der Waals surface area contributed by atoms with Gasteiger partial charge in [-0.25, -0.2) is 4.98 Å². The molecule has 27 heavy (non-hydrogen) atoms. The summed E-state index contributed by atoms with van der Waals surface area (Å²) in [7, 11) is 1.56. The number of hydrogen-bond donors (Lipinski definition) is 1. The number of nitrogens with zero attached hydrogens (tertiary/aromatic N) is 1. The number of amides is 1. The van der Waals surface area contributed by atoms with E-state index in [0.29, 0.717) is 29.7 Å². The van der Waals surface area contributed by atoms with Crippen molar-refractivity contribution < 1.29 is 19.0 Å². The summed E-state index contributed by atoms with van der Waals surface area (Å²) in [4.78, 5) is 16.2. The van der Waals surface area contributed by atoms with Crippen LogP contribution in [0.3, 0.4) is 0 Å². The number of para-hydroxylation sites is 2. The van der Waals surface area contributed by atoms with Crippen LogP contribution in [-0.4, -0.2) is 24.6 Å². The fraction of sp³-hybridized carbons (Fsp3) is 0.143. The van der Waals surface area contributed by atoms with Gasteiger partial charge in [0.05, 0.1) is 7.11 Å². The average molecular weight is 364 g/mol. The first kappa shape index (κ1) is 18.3. The first-order valence-electron chi connectivity index (χ1n) is 8.45. The van der Waals surface area contributed by atoms with Crippen molar-refractivity contribution in [3.8, 4) is 23.1 Å². The number of nitrogens with one attached hydrogen (secondary N) is 1. The Morgan fingerprint density at radius 2 is 1.81 bits per heavy atom. The molecule has 0 atom stereocenters. The van der Waals surface area contributed by atoms with Crippen molar-refractivity contribution in [2.45, 2.75) is 6.54 Å². The Balaban J connectivity index is 1.51. The topological polar surface area (TPSA) is 69.7 Å². The van der Waals surface area contributed by atoms with Gasteiger partial charge in [-0.15, -0.1) is 0 Å². The second-order valence-electron chi connectivity index (χ2n) is 5.63. The molecule has 0 unspecified atom stereocenters. The zero-order valence-corrected chi connectivity index (χ0v) is 14.9. The van der Waals surface area contributed by atoms with Gasteiger partial charge in [-0.1, -0.05) is 30.3 Å². The van der Waals surface area contributed by atoms with Gasteiger partial charge in [0.2, 0.25) is 5.88 Å². The third-order valence-electron chi connectivity index (χ3n) is 3.68. The van der Waals surface area contributed by atoms with Crippen molar-refractivity contribution in [1.82, 2.24) is 10.3 Å². The Morgan fingerprint density at radius 3 is 2.59 bits per heavy atom. The lowest BCUT2D eigenvalue weighted by molar-refractivity contribution is -0.123. The van der Waals surface area contributed by atoms with Gasteiger partial charge in [0, 0.05) is 18.8 Å². The summed E-state index contributed by atoms with van der Waals surface area (Å²) < 4.78 is 16.4. The molecule has 0 fully saturated rings. The normalized spacial score (nSPS) is 10.1. The largest absolute Gasteiger partial charge is 0.493 e.